The highest BCUT2D eigenvalue weighted by Gasteiger charge is 2.17. The molecule has 2 heterocycles. The number of rotatable bonds is 6. The topological polar surface area (TPSA) is 98.8 Å². The van der Waals surface area contributed by atoms with Gasteiger partial charge in [-0.2, -0.15) is 4.39 Å². The van der Waals surface area contributed by atoms with Gasteiger partial charge in [0.25, 0.3) is 0 Å². The van der Waals surface area contributed by atoms with Crippen molar-refractivity contribution in [2.24, 2.45) is 0 Å². The lowest BCUT2D eigenvalue weighted by molar-refractivity contribution is -0.387. The Morgan fingerprint density at radius 3 is 2.77 bits per heavy atom. The first-order valence-corrected chi connectivity index (χ1v) is 9.66. The number of imidazole rings is 1. The molecular formula is C20H15FN4O4S. The smallest absolute Gasteiger partial charge is 0.306 e. The van der Waals surface area contributed by atoms with Crippen molar-refractivity contribution in [2.75, 3.05) is 12.4 Å². The summed E-state index contributed by atoms with van der Waals surface area (Å²) in [5.74, 6) is -0.588. The van der Waals surface area contributed by atoms with Crippen LogP contribution in [-0.4, -0.2) is 27.3 Å². The van der Waals surface area contributed by atoms with Crippen molar-refractivity contribution in [1.82, 2.24) is 9.38 Å². The van der Waals surface area contributed by atoms with E-state index in [-0.39, 0.29) is 18.0 Å². The molecule has 0 atom stereocenters. The number of carbonyl (C=O) groups is 1. The SMILES string of the molecule is COc1ccc(-c2cn3c(CC(=O)Nc4ccc(F)c([N+](=O)[O-])c4)csc3n2)cc1. The number of halogens is 1. The van der Waals surface area contributed by atoms with Crippen molar-refractivity contribution in [3.63, 3.8) is 0 Å². The fraction of sp³-hybridized carbons (Fsp3) is 0.100. The number of nitrogens with zero attached hydrogens (tertiary/aromatic N) is 3. The van der Waals surface area contributed by atoms with Crippen LogP contribution in [0.1, 0.15) is 5.69 Å². The number of hydrogen-bond donors (Lipinski definition) is 1. The number of nitro benzene ring substituents is 1. The monoisotopic (exact) mass is 426 g/mol. The highest BCUT2D eigenvalue weighted by Crippen LogP contribution is 2.26. The maximum absolute atomic E-state index is 13.5. The third-order valence-electron chi connectivity index (χ3n) is 4.44. The number of hydrogen-bond acceptors (Lipinski definition) is 6. The van der Waals surface area contributed by atoms with E-state index in [1.54, 1.807) is 7.11 Å². The minimum atomic E-state index is -0.956. The zero-order valence-electron chi connectivity index (χ0n) is 15.7. The lowest BCUT2D eigenvalue weighted by Crippen LogP contribution is -2.15. The molecule has 30 heavy (non-hydrogen) atoms. The van der Waals surface area contributed by atoms with Crippen molar-refractivity contribution < 1.29 is 18.8 Å². The van der Waals surface area contributed by atoms with Crippen LogP contribution in [0.5, 0.6) is 5.75 Å². The van der Waals surface area contributed by atoms with E-state index in [2.05, 4.69) is 10.3 Å². The molecule has 0 saturated heterocycles. The Morgan fingerprint density at radius 1 is 1.30 bits per heavy atom. The lowest BCUT2D eigenvalue weighted by Gasteiger charge is -2.05. The van der Waals surface area contributed by atoms with Crippen molar-refractivity contribution in [2.45, 2.75) is 6.42 Å². The number of methoxy groups -OCH3 is 1. The van der Waals surface area contributed by atoms with Gasteiger partial charge in [-0.25, -0.2) is 4.98 Å². The average Bonchev–Trinajstić information content (AvgIpc) is 3.31. The molecule has 0 aliphatic carbocycles. The van der Waals surface area contributed by atoms with Crippen LogP contribution in [0.2, 0.25) is 0 Å². The molecule has 0 radical (unpaired) electrons. The van der Waals surface area contributed by atoms with Gasteiger partial charge in [-0.05, 0) is 36.4 Å². The molecule has 0 aliphatic rings. The molecule has 2 aromatic carbocycles. The van der Waals surface area contributed by atoms with E-state index in [4.69, 9.17) is 4.74 Å². The lowest BCUT2D eigenvalue weighted by atomic mass is 10.2. The minimum absolute atomic E-state index is 0.0313. The number of anilines is 1. The summed E-state index contributed by atoms with van der Waals surface area (Å²) in [7, 11) is 1.60. The molecule has 0 spiro atoms. The Balaban J connectivity index is 1.52. The quantitative estimate of drug-likeness (QED) is 0.366. The number of carbonyl (C=O) groups excluding carboxylic acids is 1. The molecule has 0 saturated carbocycles. The highest BCUT2D eigenvalue weighted by atomic mass is 32.1. The zero-order valence-corrected chi connectivity index (χ0v) is 16.5. The summed E-state index contributed by atoms with van der Waals surface area (Å²) in [6.07, 6.45) is 1.88. The predicted octanol–water partition coefficient (Wildman–Crippen LogP) is 4.30. The Labute approximate surface area is 173 Å². The molecule has 2 aromatic heterocycles. The van der Waals surface area contributed by atoms with E-state index in [1.165, 1.54) is 17.4 Å². The van der Waals surface area contributed by atoms with E-state index in [9.17, 15) is 19.3 Å². The van der Waals surface area contributed by atoms with Crippen LogP contribution in [0.4, 0.5) is 15.8 Å². The summed E-state index contributed by atoms with van der Waals surface area (Å²) >= 11 is 1.40. The summed E-state index contributed by atoms with van der Waals surface area (Å²) < 4.78 is 20.4. The van der Waals surface area contributed by atoms with Gasteiger partial charge in [-0.15, -0.1) is 11.3 Å². The Hall–Kier alpha value is -3.79. The number of benzene rings is 2. The van der Waals surface area contributed by atoms with Crippen molar-refractivity contribution >= 4 is 33.6 Å². The molecule has 8 nitrogen and oxygen atoms in total. The second kappa shape index (κ2) is 7.91. The number of amides is 1. The Morgan fingerprint density at radius 2 is 2.07 bits per heavy atom. The van der Waals surface area contributed by atoms with E-state index < -0.39 is 16.4 Å². The zero-order chi connectivity index (χ0) is 21.3. The molecule has 0 fully saturated rings. The summed E-state index contributed by atoms with van der Waals surface area (Å²) in [4.78, 5) is 27.8. The molecule has 152 valence electrons. The molecule has 0 aliphatic heterocycles. The first-order chi connectivity index (χ1) is 14.4. The van der Waals surface area contributed by atoms with Gasteiger partial charge in [0.1, 0.15) is 5.75 Å². The van der Waals surface area contributed by atoms with E-state index in [1.807, 2.05) is 40.2 Å². The Bertz CT molecular complexity index is 1250. The molecule has 0 unspecified atom stereocenters. The number of thiazole rings is 1. The molecule has 10 heteroatoms. The molecular weight excluding hydrogens is 411 g/mol. The molecule has 1 N–H and O–H groups in total. The summed E-state index contributed by atoms with van der Waals surface area (Å²) in [6, 6.07) is 10.7. The van der Waals surface area contributed by atoms with Crippen LogP contribution < -0.4 is 10.1 Å². The summed E-state index contributed by atoms with van der Waals surface area (Å²) in [5.41, 5.74) is 1.87. The van der Waals surface area contributed by atoms with Gasteiger partial charge in [0, 0.05) is 34.6 Å². The number of aromatic nitrogens is 2. The number of ether oxygens (including phenoxy) is 1. The summed E-state index contributed by atoms with van der Waals surface area (Å²) in [6.45, 7) is 0. The molecule has 1 amide bonds. The third kappa shape index (κ3) is 3.85. The van der Waals surface area contributed by atoms with Gasteiger partial charge >= 0.3 is 5.69 Å². The first-order valence-electron chi connectivity index (χ1n) is 8.78. The van der Waals surface area contributed by atoms with Crippen LogP contribution in [-0.2, 0) is 11.2 Å². The van der Waals surface area contributed by atoms with Crippen molar-refractivity contribution in [3.8, 4) is 17.0 Å². The van der Waals surface area contributed by atoms with E-state index in [0.717, 1.165) is 39.8 Å². The van der Waals surface area contributed by atoms with Crippen LogP contribution in [0, 0.1) is 15.9 Å². The van der Waals surface area contributed by atoms with Gasteiger partial charge in [0.2, 0.25) is 11.7 Å². The van der Waals surface area contributed by atoms with E-state index >= 15 is 0 Å². The fourth-order valence-electron chi connectivity index (χ4n) is 2.96. The second-order valence-corrected chi connectivity index (χ2v) is 7.22. The fourth-order valence-corrected chi connectivity index (χ4v) is 3.83. The maximum atomic E-state index is 13.5. The van der Waals surface area contributed by atoms with E-state index in [0.29, 0.717) is 0 Å². The normalized spacial score (nSPS) is 10.9. The third-order valence-corrected chi connectivity index (χ3v) is 5.33. The number of nitro groups is 1. The second-order valence-electron chi connectivity index (χ2n) is 6.38. The molecule has 4 aromatic rings. The van der Waals surface area contributed by atoms with Crippen molar-refractivity contribution in [1.29, 1.82) is 0 Å². The van der Waals surface area contributed by atoms with Gasteiger partial charge in [0.15, 0.2) is 4.96 Å². The highest BCUT2D eigenvalue weighted by molar-refractivity contribution is 7.15. The standard InChI is InChI=1S/C20H15FN4O4S/c1-29-15-5-2-12(3-6-15)17-10-24-14(11-30-20(24)23-17)9-19(26)22-13-4-7-16(21)18(8-13)25(27)28/h2-8,10-11H,9H2,1H3,(H,22,26). The summed E-state index contributed by atoms with van der Waals surface area (Å²) in [5, 5.41) is 15.2. The Kier molecular flexibility index (Phi) is 5.15. The van der Waals surface area contributed by atoms with Crippen LogP contribution >= 0.6 is 11.3 Å². The van der Waals surface area contributed by atoms with Crippen LogP contribution in [0.15, 0.2) is 54.0 Å². The number of nitrogens with one attached hydrogen (secondary N) is 1. The molecule has 0 bridgehead atoms. The predicted molar refractivity (Wildman–Crippen MR) is 110 cm³/mol. The van der Waals surface area contributed by atoms with Gasteiger partial charge < -0.3 is 10.1 Å². The molecule has 4 rings (SSSR count). The first kappa shape index (κ1) is 19.5. The van der Waals surface area contributed by atoms with Crippen LogP contribution in [0.3, 0.4) is 0 Å². The average molecular weight is 426 g/mol. The maximum Gasteiger partial charge on any atom is 0.306 e. The van der Waals surface area contributed by atoms with Crippen LogP contribution in [0.25, 0.3) is 16.2 Å². The van der Waals surface area contributed by atoms with Gasteiger partial charge in [-0.1, -0.05) is 0 Å². The van der Waals surface area contributed by atoms with Gasteiger partial charge in [0.05, 0.1) is 24.1 Å². The minimum Gasteiger partial charge on any atom is -0.497 e. The number of fused-ring (bicyclic) bond motifs is 1. The van der Waals surface area contributed by atoms with Gasteiger partial charge in [-0.3, -0.25) is 19.3 Å². The van der Waals surface area contributed by atoms with Crippen molar-refractivity contribution in [3.05, 3.63) is 75.7 Å². The largest absolute Gasteiger partial charge is 0.497 e.